The van der Waals surface area contributed by atoms with Crippen LogP contribution in [0.1, 0.15) is 54.2 Å². The number of hydrogen-bond donors (Lipinski definition) is 2. The summed E-state index contributed by atoms with van der Waals surface area (Å²) in [6.45, 7) is 1.92. The Hall–Kier alpha value is -4.73. The van der Waals surface area contributed by atoms with Gasteiger partial charge in [-0.3, -0.25) is 9.78 Å². The summed E-state index contributed by atoms with van der Waals surface area (Å²) in [5.41, 5.74) is 7.12. The first kappa shape index (κ1) is 26.9. The highest BCUT2D eigenvalue weighted by Crippen LogP contribution is 2.40. The van der Waals surface area contributed by atoms with Crippen molar-refractivity contribution in [1.82, 2.24) is 34.6 Å². The second kappa shape index (κ2) is 10.8. The number of rotatable bonds is 6. The van der Waals surface area contributed by atoms with Gasteiger partial charge in [0.15, 0.2) is 0 Å². The summed E-state index contributed by atoms with van der Waals surface area (Å²) >= 11 is 0. The van der Waals surface area contributed by atoms with Gasteiger partial charge in [-0.15, -0.1) is 0 Å². The van der Waals surface area contributed by atoms with Crippen molar-refractivity contribution < 1.29 is 5.11 Å². The molecule has 5 heterocycles. The number of likely N-dealkylation sites (tertiary alicyclic amines) is 1. The van der Waals surface area contributed by atoms with Gasteiger partial charge in [0, 0.05) is 34.6 Å². The zero-order valence-corrected chi connectivity index (χ0v) is 24.6. The second-order valence-electron chi connectivity index (χ2n) is 12.2. The summed E-state index contributed by atoms with van der Waals surface area (Å²) in [5, 5.41) is 17.4. The molecule has 2 aromatic carbocycles. The SMILES string of the molecule is CN1CCCC(c2ccc(-c3cc4c(-c5cccc(-n6ncc7cc(C8CC8)ccc7c6=O)c5CO)ncnc4[nH]3)nc2)C1. The van der Waals surface area contributed by atoms with E-state index in [4.69, 9.17) is 4.98 Å². The molecule has 9 nitrogen and oxygen atoms in total. The summed E-state index contributed by atoms with van der Waals surface area (Å²) in [6, 6.07) is 17.9. The second-order valence-corrected chi connectivity index (χ2v) is 12.2. The van der Waals surface area contributed by atoms with E-state index in [1.165, 1.54) is 47.8 Å². The predicted octanol–water partition coefficient (Wildman–Crippen LogP) is 5.56. The van der Waals surface area contributed by atoms with Crippen molar-refractivity contribution in [2.45, 2.75) is 44.1 Å². The van der Waals surface area contributed by atoms with Gasteiger partial charge in [0.05, 0.1) is 41.0 Å². The Balaban J connectivity index is 1.17. The van der Waals surface area contributed by atoms with E-state index in [0.717, 1.165) is 35.2 Å². The van der Waals surface area contributed by atoms with Crippen LogP contribution in [-0.4, -0.2) is 59.9 Å². The summed E-state index contributed by atoms with van der Waals surface area (Å²) < 4.78 is 1.38. The van der Waals surface area contributed by atoms with Crippen molar-refractivity contribution >= 4 is 21.8 Å². The Morgan fingerprint density at radius 2 is 1.82 bits per heavy atom. The number of hydrogen-bond acceptors (Lipinski definition) is 7. The fraction of sp³-hybridized carbons (Fsp3) is 0.286. The van der Waals surface area contributed by atoms with E-state index in [2.05, 4.69) is 50.2 Å². The summed E-state index contributed by atoms with van der Waals surface area (Å²) in [5.74, 6) is 1.10. The molecule has 4 aromatic heterocycles. The Bertz CT molecular complexity index is 2080. The number of pyridine rings is 1. The van der Waals surface area contributed by atoms with Crippen molar-refractivity contribution in [2.24, 2.45) is 0 Å². The maximum Gasteiger partial charge on any atom is 0.279 e. The third-order valence-corrected chi connectivity index (χ3v) is 9.24. The number of nitrogens with one attached hydrogen (secondary N) is 1. The molecular formula is C35H33N7O2. The van der Waals surface area contributed by atoms with Gasteiger partial charge in [0.2, 0.25) is 0 Å². The van der Waals surface area contributed by atoms with Gasteiger partial charge in [-0.2, -0.15) is 9.78 Å². The molecule has 44 heavy (non-hydrogen) atoms. The summed E-state index contributed by atoms with van der Waals surface area (Å²) in [4.78, 5) is 33.4. The molecule has 0 amide bonds. The lowest BCUT2D eigenvalue weighted by molar-refractivity contribution is 0.250. The van der Waals surface area contributed by atoms with Gasteiger partial charge >= 0.3 is 0 Å². The molecule has 0 spiro atoms. The van der Waals surface area contributed by atoms with Gasteiger partial charge in [-0.05, 0) is 92.6 Å². The maximum absolute atomic E-state index is 13.6. The predicted molar refractivity (Wildman–Crippen MR) is 171 cm³/mol. The topological polar surface area (TPSA) is 113 Å². The smallest absolute Gasteiger partial charge is 0.279 e. The third-order valence-electron chi connectivity index (χ3n) is 9.24. The monoisotopic (exact) mass is 583 g/mol. The van der Waals surface area contributed by atoms with Crippen LogP contribution in [0, 0.1) is 0 Å². The number of piperidine rings is 1. The first-order chi connectivity index (χ1) is 21.6. The number of nitrogens with zero attached hydrogens (tertiary/aromatic N) is 6. The van der Waals surface area contributed by atoms with E-state index in [1.807, 2.05) is 42.6 Å². The molecule has 9 heteroatoms. The van der Waals surface area contributed by atoms with Crippen molar-refractivity contribution in [3.63, 3.8) is 0 Å². The molecule has 2 fully saturated rings. The van der Waals surface area contributed by atoms with Gasteiger partial charge in [0.1, 0.15) is 12.0 Å². The number of aromatic amines is 1. The zero-order chi connectivity index (χ0) is 29.8. The lowest BCUT2D eigenvalue weighted by atomic mass is 9.92. The number of likely N-dealkylation sites (N-methyl/N-ethyl adjacent to an activating group) is 1. The number of aliphatic hydroxyl groups excluding tert-OH is 1. The zero-order valence-electron chi connectivity index (χ0n) is 24.6. The molecule has 1 aliphatic carbocycles. The van der Waals surface area contributed by atoms with Crippen molar-refractivity contribution in [2.75, 3.05) is 20.1 Å². The minimum absolute atomic E-state index is 0.220. The van der Waals surface area contributed by atoms with Crippen LogP contribution < -0.4 is 5.56 Å². The van der Waals surface area contributed by atoms with E-state index >= 15 is 0 Å². The highest BCUT2D eigenvalue weighted by atomic mass is 16.3. The number of aromatic nitrogens is 6. The molecule has 220 valence electrons. The van der Waals surface area contributed by atoms with Crippen molar-refractivity contribution in [3.8, 4) is 28.3 Å². The molecular weight excluding hydrogens is 550 g/mol. The number of fused-ring (bicyclic) bond motifs is 2. The van der Waals surface area contributed by atoms with E-state index in [0.29, 0.717) is 45.4 Å². The van der Waals surface area contributed by atoms with Crippen LogP contribution in [0.2, 0.25) is 0 Å². The molecule has 1 unspecified atom stereocenters. The number of aliphatic hydroxyl groups is 1. The molecule has 1 saturated heterocycles. The minimum Gasteiger partial charge on any atom is -0.392 e. The fourth-order valence-electron chi connectivity index (χ4n) is 6.71. The molecule has 8 rings (SSSR count). The highest BCUT2D eigenvalue weighted by molar-refractivity contribution is 5.95. The lowest BCUT2D eigenvalue weighted by Crippen LogP contribution is -2.30. The normalized spacial score (nSPS) is 17.5. The van der Waals surface area contributed by atoms with Crippen LogP contribution in [0.25, 0.3) is 50.1 Å². The fourth-order valence-corrected chi connectivity index (χ4v) is 6.71. The van der Waals surface area contributed by atoms with Crippen LogP contribution in [0.15, 0.2) is 78.1 Å². The lowest BCUT2D eigenvalue weighted by Gasteiger charge is -2.29. The third kappa shape index (κ3) is 4.69. The molecule has 2 aliphatic rings. The molecule has 6 aromatic rings. The van der Waals surface area contributed by atoms with E-state index < -0.39 is 0 Å². The van der Waals surface area contributed by atoms with Gasteiger partial charge in [-0.25, -0.2) is 9.97 Å². The summed E-state index contributed by atoms with van der Waals surface area (Å²) in [7, 11) is 2.18. The molecule has 1 aliphatic heterocycles. The average molecular weight is 584 g/mol. The summed E-state index contributed by atoms with van der Waals surface area (Å²) in [6.07, 6.45) is 10.0. The Morgan fingerprint density at radius 1 is 0.932 bits per heavy atom. The molecule has 0 bridgehead atoms. The van der Waals surface area contributed by atoms with Gasteiger partial charge < -0.3 is 15.0 Å². The Labute approximate surface area is 254 Å². The van der Waals surface area contributed by atoms with E-state index in [9.17, 15) is 9.90 Å². The van der Waals surface area contributed by atoms with Gasteiger partial charge in [-0.1, -0.05) is 24.3 Å². The molecule has 1 atom stereocenters. The van der Waals surface area contributed by atoms with Crippen LogP contribution in [0.5, 0.6) is 0 Å². The van der Waals surface area contributed by atoms with Crippen LogP contribution in [0.3, 0.4) is 0 Å². The van der Waals surface area contributed by atoms with Crippen LogP contribution >= 0.6 is 0 Å². The molecule has 2 N–H and O–H groups in total. The number of benzene rings is 2. The molecule has 0 radical (unpaired) electrons. The quantitative estimate of drug-likeness (QED) is 0.264. The van der Waals surface area contributed by atoms with Crippen LogP contribution in [-0.2, 0) is 6.61 Å². The van der Waals surface area contributed by atoms with Crippen LogP contribution in [0.4, 0.5) is 0 Å². The number of H-pyrrole nitrogens is 1. The highest BCUT2D eigenvalue weighted by Gasteiger charge is 2.24. The maximum atomic E-state index is 13.6. The van der Waals surface area contributed by atoms with Crippen molar-refractivity contribution in [1.29, 1.82) is 0 Å². The minimum atomic E-state index is -0.291. The largest absolute Gasteiger partial charge is 0.392 e. The first-order valence-electron chi connectivity index (χ1n) is 15.3. The Morgan fingerprint density at radius 3 is 2.61 bits per heavy atom. The first-order valence-corrected chi connectivity index (χ1v) is 15.3. The standard InChI is InChI=1S/C35H33N7O2/c1-41-13-3-4-24(18-41)23-10-12-30(36-16-23)31-15-28-33(37-20-38-34(28)40-31)27-5-2-6-32(29(27)19-43)42-35(44)26-11-9-22(21-7-8-21)14-25(26)17-39-42/h2,5-6,9-12,14-17,20-21,24,43H,3-4,7-8,13,18-19H2,1H3,(H,37,38,40). The van der Waals surface area contributed by atoms with E-state index in [1.54, 1.807) is 6.20 Å². The molecule has 1 saturated carbocycles. The van der Waals surface area contributed by atoms with E-state index in [-0.39, 0.29) is 12.2 Å². The van der Waals surface area contributed by atoms with Crippen molar-refractivity contribution in [3.05, 3.63) is 100 Å². The average Bonchev–Trinajstić information content (AvgIpc) is 3.82. The van der Waals surface area contributed by atoms with Gasteiger partial charge in [0.25, 0.3) is 5.56 Å². The Kier molecular flexibility index (Phi) is 6.57.